The third kappa shape index (κ3) is 2.75. The molecular weight excluding hydrogens is 312 g/mol. The number of nitrogens with zero attached hydrogens (tertiary/aromatic N) is 1. The Hall–Kier alpha value is -0.540. The maximum atomic E-state index is 3.67. The normalized spacial score (nSPS) is 29.6. The molecule has 3 heteroatoms. The van der Waals surface area contributed by atoms with Crippen LogP contribution in [-0.4, -0.2) is 24.7 Å². The smallest absolute Gasteiger partial charge is 0.0374 e. The topological polar surface area (TPSA) is 15.3 Å². The van der Waals surface area contributed by atoms with Gasteiger partial charge < -0.3 is 10.2 Å². The molecule has 1 N–H and O–H groups in total. The second kappa shape index (κ2) is 6.07. The Balaban J connectivity index is 1.84. The molecule has 0 aromatic heterocycles. The monoisotopic (exact) mass is 336 g/mol. The van der Waals surface area contributed by atoms with Crippen LogP contribution in [0.15, 0.2) is 22.7 Å². The molecule has 0 amide bonds. The van der Waals surface area contributed by atoms with Gasteiger partial charge in [0, 0.05) is 28.3 Å². The van der Waals surface area contributed by atoms with Gasteiger partial charge in [0.1, 0.15) is 0 Å². The van der Waals surface area contributed by atoms with Crippen LogP contribution < -0.4 is 10.2 Å². The summed E-state index contributed by atoms with van der Waals surface area (Å²) in [6.07, 6.45) is 6.72. The van der Waals surface area contributed by atoms with E-state index in [1.54, 1.807) is 0 Å². The average molecular weight is 337 g/mol. The Morgan fingerprint density at radius 2 is 1.95 bits per heavy atom. The second-order valence-corrected chi connectivity index (χ2v) is 7.16. The molecule has 1 aromatic rings. The number of anilines is 1. The summed E-state index contributed by atoms with van der Waals surface area (Å²) in [4.78, 5) is 2.72. The highest BCUT2D eigenvalue weighted by atomic mass is 79.9. The molecule has 0 aliphatic carbocycles. The first-order valence-corrected chi connectivity index (χ1v) is 8.76. The Bertz CT molecular complexity index is 460. The van der Waals surface area contributed by atoms with Crippen molar-refractivity contribution in [3.8, 4) is 0 Å². The summed E-state index contributed by atoms with van der Waals surface area (Å²) in [5, 5.41) is 3.67. The first-order chi connectivity index (χ1) is 9.69. The quantitative estimate of drug-likeness (QED) is 0.887. The van der Waals surface area contributed by atoms with Crippen LogP contribution in [0.25, 0.3) is 0 Å². The molecule has 1 aromatic carbocycles. The molecular formula is C17H25BrN2. The number of rotatable bonds is 3. The van der Waals surface area contributed by atoms with Crippen LogP contribution in [0.1, 0.15) is 44.6 Å². The van der Waals surface area contributed by atoms with Crippen LogP contribution in [0.5, 0.6) is 0 Å². The van der Waals surface area contributed by atoms with Gasteiger partial charge in [0.2, 0.25) is 0 Å². The van der Waals surface area contributed by atoms with Crippen molar-refractivity contribution in [2.45, 2.75) is 64.1 Å². The van der Waals surface area contributed by atoms with E-state index in [1.807, 2.05) is 0 Å². The summed E-state index contributed by atoms with van der Waals surface area (Å²) in [5.41, 5.74) is 2.77. The van der Waals surface area contributed by atoms with Gasteiger partial charge in [-0.3, -0.25) is 0 Å². The van der Waals surface area contributed by atoms with Gasteiger partial charge in [-0.15, -0.1) is 0 Å². The van der Waals surface area contributed by atoms with Gasteiger partial charge in [0.25, 0.3) is 0 Å². The first-order valence-electron chi connectivity index (χ1n) is 7.97. The molecule has 2 heterocycles. The van der Waals surface area contributed by atoms with E-state index in [0.29, 0.717) is 0 Å². The summed E-state index contributed by atoms with van der Waals surface area (Å²) in [5.74, 6) is 0. The van der Waals surface area contributed by atoms with Crippen molar-refractivity contribution in [1.29, 1.82) is 0 Å². The predicted molar refractivity (Wildman–Crippen MR) is 89.5 cm³/mol. The largest absolute Gasteiger partial charge is 0.365 e. The van der Waals surface area contributed by atoms with Crippen LogP contribution in [0.2, 0.25) is 0 Å². The zero-order chi connectivity index (χ0) is 14.1. The predicted octanol–water partition coefficient (Wildman–Crippen LogP) is 4.26. The lowest BCUT2D eigenvalue weighted by molar-refractivity contribution is 0.247. The van der Waals surface area contributed by atoms with Gasteiger partial charge in [0.15, 0.2) is 0 Å². The van der Waals surface area contributed by atoms with Crippen molar-refractivity contribution in [3.05, 3.63) is 28.2 Å². The van der Waals surface area contributed by atoms with Crippen LogP contribution in [-0.2, 0) is 0 Å². The molecule has 3 rings (SSSR count). The van der Waals surface area contributed by atoms with Gasteiger partial charge in [0.05, 0.1) is 0 Å². The number of aryl methyl sites for hydroxylation is 1. The minimum absolute atomic E-state index is 0.725. The SMILES string of the molecule is CCNC1CC2CCCC(C1)N2c1ccc(Br)c(C)c1. The zero-order valence-electron chi connectivity index (χ0n) is 12.5. The van der Waals surface area contributed by atoms with Crippen molar-refractivity contribution in [2.24, 2.45) is 0 Å². The van der Waals surface area contributed by atoms with E-state index in [9.17, 15) is 0 Å². The van der Waals surface area contributed by atoms with Crippen molar-refractivity contribution < 1.29 is 0 Å². The number of hydrogen-bond acceptors (Lipinski definition) is 2. The molecule has 0 spiro atoms. The fourth-order valence-corrected chi connectivity index (χ4v) is 4.29. The maximum absolute atomic E-state index is 3.67. The van der Waals surface area contributed by atoms with Crippen molar-refractivity contribution >= 4 is 21.6 Å². The van der Waals surface area contributed by atoms with Gasteiger partial charge in [-0.1, -0.05) is 22.9 Å². The number of piperidine rings is 2. The van der Waals surface area contributed by atoms with E-state index in [4.69, 9.17) is 0 Å². The maximum Gasteiger partial charge on any atom is 0.0374 e. The minimum atomic E-state index is 0.725. The second-order valence-electron chi connectivity index (χ2n) is 6.31. The number of fused-ring (bicyclic) bond motifs is 2. The van der Waals surface area contributed by atoms with E-state index >= 15 is 0 Å². The van der Waals surface area contributed by atoms with Crippen LogP contribution in [0.4, 0.5) is 5.69 Å². The summed E-state index contributed by atoms with van der Waals surface area (Å²) in [6, 6.07) is 9.03. The van der Waals surface area contributed by atoms with Gasteiger partial charge in [-0.05, 0) is 69.3 Å². The summed E-state index contributed by atoms with van der Waals surface area (Å²) < 4.78 is 1.22. The van der Waals surface area contributed by atoms with Crippen LogP contribution in [0.3, 0.4) is 0 Å². The molecule has 2 nitrogen and oxygen atoms in total. The van der Waals surface area contributed by atoms with Gasteiger partial charge in [-0.2, -0.15) is 0 Å². The van der Waals surface area contributed by atoms with E-state index in [1.165, 1.54) is 47.8 Å². The van der Waals surface area contributed by atoms with Crippen molar-refractivity contribution in [2.75, 3.05) is 11.4 Å². The molecule has 110 valence electrons. The fraction of sp³-hybridized carbons (Fsp3) is 0.647. The van der Waals surface area contributed by atoms with Gasteiger partial charge in [-0.25, -0.2) is 0 Å². The highest BCUT2D eigenvalue weighted by Gasteiger charge is 2.37. The Labute approximate surface area is 131 Å². The molecule has 0 radical (unpaired) electrons. The Kier molecular flexibility index (Phi) is 4.37. The minimum Gasteiger partial charge on any atom is -0.365 e. The molecule has 2 fully saturated rings. The van der Waals surface area contributed by atoms with E-state index in [2.05, 4.69) is 58.2 Å². The Morgan fingerprint density at radius 3 is 2.55 bits per heavy atom. The number of nitrogens with one attached hydrogen (secondary N) is 1. The molecule has 2 aliphatic rings. The summed E-state index contributed by atoms with van der Waals surface area (Å²) in [7, 11) is 0. The highest BCUT2D eigenvalue weighted by molar-refractivity contribution is 9.10. The van der Waals surface area contributed by atoms with Gasteiger partial charge >= 0.3 is 0 Å². The zero-order valence-corrected chi connectivity index (χ0v) is 14.1. The van der Waals surface area contributed by atoms with Crippen LogP contribution >= 0.6 is 15.9 Å². The summed E-state index contributed by atoms with van der Waals surface area (Å²) >= 11 is 3.62. The van der Waals surface area contributed by atoms with Crippen molar-refractivity contribution in [1.82, 2.24) is 5.32 Å². The lowest BCUT2D eigenvalue weighted by atomic mass is 9.81. The Morgan fingerprint density at radius 1 is 1.25 bits per heavy atom. The van der Waals surface area contributed by atoms with Crippen LogP contribution in [0, 0.1) is 6.92 Å². The molecule has 0 saturated carbocycles. The molecule has 2 atom stereocenters. The third-order valence-electron chi connectivity index (χ3n) is 4.91. The van der Waals surface area contributed by atoms with E-state index in [-0.39, 0.29) is 0 Å². The number of hydrogen-bond donors (Lipinski definition) is 1. The summed E-state index contributed by atoms with van der Waals surface area (Å²) in [6.45, 7) is 5.51. The third-order valence-corrected chi connectivity index (χ3v) is 5.80. The fourth-order valence-electron chi connectivity index (χ4n) is 4.05. The molecule has 2 bridgehead atoms. The lowest BCUT2D eigenvalue weighted by Crippen LogP contribution is -2.56. The number of benzene rings is 1. The standard InChI is InChI=1S/C17H25BrN2/c1-3-19-13-10-14-5-4-6-15(11-13)20(14)16-7-8-17(18)12(2)9-16/h7-9,13-15,19H,3-6,10-11H2,1-2H3. The van der Waals surface area contributed by atoms with E-state index in [0.717, 1.165) is 24.7 Å². The first kappa shape index (κ1) is 14.4. The molecule has 2 saturated heterocycles. The highest BCUT2D eigenvalue weighted by Crippen LogP contribution is 2.38. The lowest BCUT2D eigenvalue weighted by Gasteiger charge is -2.50. The molecule has 2 unspecified atom stereocenters. The number of halogens is 1. The molecule has 20 heavy (non-hydrogen) atoms. The average Bonchev–Trinajstić information content (AvgIpc) is 2.41. The van der Waals surface area contributed by atoms with E-state index < -0.39 is 0 Å². The molecule has 2 aliphatic heterocycles. The van der Waals surface area contributed by atoms with Crippen molar-refractivity contribution in [3.63, 3.8) is 0 Å².